The van der Waals surface area contributed by atoms with Gasteiger partial charge in [-0.15, -0.1) is 25.6 Å². The molecule has 3 aromatic heterocycles. The minimum absolute atomic E-state index is 0. The summed E-state index contributed by atoms with van der Waals surface area (Å²) in [4.78, 5) is 97.0. The predicted octanol–water partition coefficient (Wildman–Crippen LogP) is 16.8. The molecule has 0 fully saturated rings. The van der Waals surface area contributed by atoms with E-state index in [9.17, 15) is 77.9 Å². The van der Waals surface area contributed by atoms with Crippen molar-refractivity contribution < 1.29 is 68.6 Å². The Kier molecular flexibility index (Phi) is 29.7. The largest absolute Gasteiger partial charge is 0.477 e. The topological polar surface area (TPSA) is 222 Å². The second-order valence-electron chi connectivity index (χ2n) is 24.7. The van der Waals surface area contributed by atoms with Gasteiger partial charge in [-0.2, -0.15) is 0 Å². The number of nitrogens with two attached hydrogens (primary N) is 1. The van der Waals surface area contributed by atoms with E-state index in [-0.39, 0.29) is 108 Å². The van der Waals surface area contributed by atoms with Crippen molar-refractivity contribution >= 4 is 81.8 Å². The van der Waals surface area contributed by atoms with E-state index in [0.29, 0.717) is 12.8 Å². The summed E-state index contributed by atoms with van der Waals surface area (Å²) in [7, 11) is 0. The monoisotopic (exact) mass is 1640 g/mol. The Hall–Kier alpha value is -12.1. The second kappa shape index (κ2) is 39.2. The van der Waals surface area contributed by atoms with E-state index in [0.717, 1.165) is 104 Å². The number of fused-ring (bicyclic) bond motifs is 2. The van der Waals surface area contributed by atoms with Crippen molar-refractivity contribution in [3.05, 3.63) is 404 Å². The van der Waals surface area contributed by atoms with E-state index in [2.05, 4.69) is 46.4 Å². The van der Waals surface area contributed by atoms with E-state index >= 15 is 0 Å². The molecule has 26 heteroatoms. The number of carboxylic acids is 1. The number of aromatic nitrogens is 3. The van der Waals surface area contributed by atoms with Crippen LogP contribution in [0.15, 0.2) is 265 Å². The molecule has 0 saturated carbocycles. The van der Waals surface area contributed by atoms with Crippen LogP contribution in [0.2, 0.25) is 0 Å². The van der Waals surface area contributed by atoms with Crippen LogP contribution < -0.4 is 33.0 Å². The molecule has 564 valence electrons. The van der Waals surface area contributed by atoms with Crippen molar-refractivity contribution in [1.82, 2.24) is 13.7 Å². The number of ketones is 2. The fourth-order valence-corrected chi connectivity index (χ4v) is 12.0. The minimum atomic E-state index is -1.60. The molecular formula is C84H67ClF9IN6O9. The number of hydrogen-bond donors (Lipinski definition) is 4. The quantitative estimate of drug-likeness (QED) is 0.0186. The zero-order chi connectivity index (χ0) is 78.6. The molecule has 15 nitrogen and oxygen atoms in total. The van der Waals surface area contributed by atoms with Gasteiger partial charge in [-0.1, -0.05) is 133 Å². The molecular weight excluding hydrogens is 1570 g/mol. The van der Waals surface area contributed by atoms with Crippen LogP contribution in [0.4, 0.5) is 50.9 Å². The summed E-state index contributed by atoms with van der Waals surface area (Å²) in [6.07, 6.45) is 12.2. The molecule has 3 atom stereocenters. The highest BCUT2D eigenvalue weighted by atomic mass is 127. The van der Waals surface area contributed by atoms with Gasteiger partial charge >= 0.3 is 5.97 Å². The summed E-state index contributed by atoms with van der Waals surface area (Å²) >= 11 is 2.23. The number of amides is 2. The molecule has 0 aliphatic carbocycles. The Labute approximate surface area is 643 Å². The highest BCUT2D eigenvalue weighted by Crippen LogP contribution is 2.30. The smallest absolute Gasteiger partial charge is 0.341 e. The molecule has 2 aliphatic heterocycles. The first-order chi connectivity index (χ1) is 52.2. The molecule has 11 aromatic rings. The van der Waals surface area contributed by atoms with Crippen LogP contribution in [0.3, 0.4) is 0 Å². The third-order valence-corrected chi connectivity index (χ3v) is 17.7. The predicted molar refractivity (Wildman–Crippen MR) is 412 cm³/mol. The number of aromatic carboxylic acids is 1. The number of carbonyl (C=O) groups excluding carboxylic acids is 4. The maximum Gasteiger partial charge on any atom is 0.341 e. The Morgan fingerprint density at radius 1 is 0.455 bits per heavy atom. The maximum absolute atomic E-state index is 13.7. The lowest BCUT2D eigenvalue weighted by molar-refractivity contribution is -0.115. The zero-order valence-electron chi connectivity index (χ0n) is 58.0. The second-order valence-corrected chi connectivity index (χ2v) is 26.0. The molecule has 0 spiro atoms. The van der Waals surface area contributed by atoms with Crippen molar-refractivity contribution in [2.24, 2.45) is 5.73 Å². The first-order valence-corrected chi connectivity index (χ1v) is 34.4. The lowest BCUT2D eigenvalue weighted by Gasteiger charge is -2.14. The Morgan fingerprint density at radius 3 is 1.20 bits per heavy atom. The highest BCUT2D eigenvalue weighted by molar-refractivity contribution is 14.1. The number of halogens is 11. The normalized spacial score (nSPS) is 12.4. The van der Waals surface area contributed by atoms with Gasteiger partial charge in [0.15, 0.2) is 63.9 Å². The number of nitrogens with one attached hydrogen (secondary N) is 2. The van der Waals surface area contributed by atoms with Gasteiger partial charge in [-0.05, 0) is 164 Å². The molecule has 2 amide bonds. The average molecular weight is 1640 g/mol. The Balaban J connectivity index is 0.000000188. The zero-order valence-corrected chi connectivity index (χ0v) is 61.0. The van der Waals surface area contributed by atoms with E-state index in [4.69, 9.17) is 10.8 Å². The Bertz CT molecular complexity index is 5390. The molecule has 2 aliphatic rings. The molecule has 0 saturated heterocycles. The third-order valence-electron chi connectivity index (χ3n) is 17.0. The highest BCUT2D eigenvalue weighted by Gasteiger charge is 2.24. The standard InChI is InChI=1S/C31H23F3N2O3.C23H18F3NO2.C13H8F3NO3.C9H11N.C8H6INO.ClH/c32-25-13-20(14-26(33)30(25)34)18-36-12-4-7-24(31(36)39)28(37)16-22(21-5-2-1-3-6-21)10-8-19-9-11-23-17-29(38)35-27(23)15-19;1-2-16(17-7-4-3-5-8-17)13-21(28)18-9-6-10-27(23(18)29)14-15-11-19(24)22(26)20(25)12-15;14-9-4-7(5-10(15)11(9)16)6-17-3-1-2-8(12(17)18)13(19)20;1-2-9(10)8-6-4-3-5-7-8;9-6-2-1-5-3-8(11)10-7(5)4-6;/h1-15,22H,16-18H2,(H,35,38);2-12,16H,1,13-14H2;1-5H,6H2,(H,19,20);2-7,9H,1,10H2;1-2,4H,3H2,(H,10,11);1H/b10-8+;;;;;/t22-;16-;;9-;;/m11.0../s1. The summed E-state index contributed by atoms with van der Waals surface area (Å²) < 4.78 is 124. The van der Waals surface area contributed by atoms with E-state index in [1.54, 1.807) is 12.2 Å². The van der Waals surface area contributed by atoms with Crippen LogP contribution in [-0.2, 0) is 42.1 Å². The van der Waals surface area contributed by atoms with Crippen LogP contribution in [-0.4, -0.2) is 48.2 Å². The third kappa shape index (κ3) is 22.3. The average Bonchev–Trinajstić information content (AvgIpc) is 1.17. The van der Waals surface area contributed by atoms with Gasteiger partial charge in [0.2, 0.25) is 11.8 Å². The molecule has 5 heterocycles. The molecule has 13 rings (SSSR count). The number of anilines is 2. The first kappa shape index (κ1) is 83.6. The fourth-order valence-electron chi connectivity index (χ4n) is 11.5. The number of nitrogens with zero attached hydrogens (tertiary/aromatic N) is 3. The molecule has 110 heavy (non-hydrogen) atoms. The van der Waals surface area contributed by atoms with Crippen molar-refractivity contribution in [1.29, 1.82) is 0 Å². The number of rotatable bonds is 20. The van der Waals surface area contributed by atoms with E-state index in [1.807, 2.05) is 140 Å². The van der Waals surface area contributed by atoms with Gasteiger partial charge < -0.3 is 35.2 Å². The summed E-state index contributed by atoms with van der Waals surface area (Å²) in [5, 5.41) is 14.4. The number of carbonyl (C=O) groups is 5. The van der Waals surface area contributed by atoms with Gasteiger partial charge in [0.1, 0.15) is 5.56 Å². The summed E-state index contributed by atoms with van der Waals surface area (Å²) in [5.41, 5.74) is 10.8. The van der Waals surface area contributed by atoms with Crippen LogP contribution in [0.5, 0.6) is 0 Å². The minimum Gasteiger partial charge on any atom is -0.477 e. The van der Waals surface area contributed by atoms with Crippen molar-refractivity contribution in [3.8, 4) is 0 Å². The van der Waals surface area contributed by atoms with Crippen molar-refractivity contribution in [3.63, 3.8) is 0 Å². The van der Waals surface area contributed by atoms with Crippen molar-refractivity contribution in [2.45, 2.75) is 63.2 Å². The lowest BCUT2D eigenvalue weighted by atomic mass is 9.91. The number of carboxylic acid groups (broad SMARTS) is 1. The molecule has 0 bridgehead atoms. The van der Waals surface area contributed by atoms with Gasteiger partial charge in [0.05, 0.1) is 43.6 Å². The van der Waals surface area contributed by atoms with Gasteiger partial charge in [-0.3, -0.25) is 33.6 Å². The summed E-state index contributed by atoms with van der Waals surface area (Å²) in [6, 6.07) is 53.3. The summed E-state index contributed by atoms with van der Waals surface area (Å²) in [6.45, 7) is 6.68. The van der Waals surface area contributed by atoms with Crippen LogP contribution in [0, 0.1) is 55.9 Å². The van der Waals surface area contributed by atoms with Gasteiger partial charge in [0, 0.05) is 64.3 Å². The SMILES string of the molecule is C=C[C@H](CC(=O)c1cccn(Cc2cc(F)c(F)c(F)c2)c1=O)c1ccccc1.C=C[C@H](N)c1ccccc1.Cl.O=C(O)c1cccn(Cc2cc(F)c(F)c(F)c2)c1=O.O=C1Cc2ccc(/C=C/[C@H](CC(=O)c3cccn(Cc4cc(F)c(F)c(F)c4)c3=O)c3ccccc3)cc2N1.O=C1Cc2ccc(I)cc2N1. The summed E-state index contributed by atoms with van der Waals surface area (Å²) in [5.74, 6) is -15.6. The van der Waals surface area contributed by atoms with Gasteiger partial charge in [-0.25, -0.2) is 44.3 Å². The van der Waals surface area contributed by atoms with E-state index < -0.39 is 86.3 Å². The van der Waals surface area contributed by atoms with Crippen LogP contribution in [0.1, 0.15) is 112 Å². The fraction of sp³-hybridized carbons (Fsp3) is 0.119. The number of pyridine rings is 3. The molecule has 0 radical (unpaired) electrons. The maximum atomic E-state index is 13.7. The van der Waals surface area contributed by atoms with E-state index in [1.165, 1.54) is 48.9 Å². The lowest BCUT2D eigenvalue weighted by Crippen LogP contribution is -2.26. The number of hydrogen-bond acceptors (Lipinski definition) is 9. The number of Topliss-reactive ketones (excluding diaryl/α,β-unsaturated/α-hetero) is 2. The van der Waals surface area contributed by atoms with Crippen LogP contribution >= 0.6 is 35.0 Å². The first-order valence-electron chi connectivity index (χ1n) is 33.3. The number of allylic oxidation sites excluding steroid dienone is 2. The van der Waals surface area contributed by atoms with Crippen LogP contribution in [0.25, 0.3) is 6.08 Å². The number of benzene rings is 8. The molecule has 5 N–H and O–H groups in total. The van der Waals surface area contributed by atoms with Gasteiger partial charge in [0.25, 0.3) is 16.7 Å². The molecule has 8 aromatic carbocycles. The Morgan fingerprint density at radius 2 is 0.809 bits per heavy atom. The molecule has 0 unspecified atom stereocenters. The van der Waals surface area contributed by atoms with Crippen molar-refractivity contribution in [2.75, 3.05) is 10.6 Å².